The first-order valence-electron chi connectivity index (χ1n) is 7.37. The van der Waals surface area contributed by atoms with Crippen LogP contribution in [0.4, 0.5) is 0 Å². The lowest BCUT2D eigenvalue weighted by Gasteiger charge is -2.08. The first-order chi connectivity index (χ1) is 12.1. The molecule has 0 amide bonds. The number of hydrogen-bond acceptors (Lipinski definition) is 6. The van der Waals surface area contributed by atoms with Crippen LogP contribution in [0.2, 0.25) is 0 Å². The van der Waals surface area contributed by atoms with Crippen LogP contribution in [0.3, 0.4) is 0 Å². The molecule has 0 heterocycles. The standard InChI is InChI=1S/C16H18N2O6S2/c1-24-16(19)14-6-8-15(9-7-14)26(22,23)18-10-12-2-4-13(5-3-12)11-25(17,20)21/h2-9,18H,10-11H2,1H3,(H2,17,20,21). The highest BCUT2D eigenvalue weighted by Gasteiger charge is 2.15. The summed E-state index contributed by atoms with van der Waals surface area (Å²) in [6, 6.07) is 11.7. The lowest BCUT2D eigenvalue weighted by molar-refractivity contribution is 0.0600. The predicted molar refractivity (Wildman–Crippen MR) is 95.1 cm³/mol. The van der Waals surface area contributed by atoms with E-state index in [0.717, 1.165) is 0 Å². The number of carbonyl (C=O) groups is 1. The first-order valence-corrected chi connectivity index (χ1v) is 10.6. The molecule has 10 heteroatoms. The van der Waals surface area contributed by atoms with E-state index in [1.54, 1.807) is 24.3 Å². The fraction of sp³-hybridized carbons (Fsp3) is 0.188. The van der Waals surface area contributed by atoms with E-state index in [1.807, 2.05) is 0 Å². The third-order valence-electron chi connectivity index (χ3n) is 3.44. The minimum absolute atomic E-state index is 0.0102. The van der Waals surface area contributed by atoms with Crippen molar-refractivity contribution in [3.8, 4) is 0 Å². The molecule has 0 aromatic heterocycles. The van der Waals surface area contributed by atoms with Crippen molar-refractivity contribution in [3.63, 3.8) is 0 Å². The van der Waals surface area contributed by atoms with Crippen LogP contribution in [0.25, 0.3) is 0 Å². The van der Waals surface area contributed by atoms with Gasteiger partial charge in [-0.1, -0.05) is 24.3 Å². The van der Waals surface area contributed by atoms with Crippen molar-refractivity contribution in [3.05, 3.63) is 65.2 Å². The highest BCUT2D eigenvalue weighted by Crippen LogP contribution is 2.13. The zero-order chi connectivity index (χ0) is 19.4. The van der Waals surface area contributed by atoms with Gasteiger partial charge in [0.25, 0.3) is 0 Å². The van der Waals surface area contributed by atoms with E-state index in [9.17, 15) is 21.6 Å². The molecule has 0 spiro atoms. The molecule has 0 saturated heterocycles. The van der Waals surface area contributed by atoms with Gasteiger partial charge in [-0.2, -0.15) is 0 Å². The van der Waals surface area contributed by atoms with Gasteiger partial charge in [0.15, 0.2) is 0 Å². The molecular formula is C16H18N2O6S2. The van der Waals surface area contributed by atoms with Gasteiger partial charge in [0, 0.05) is 6.54 Å². The molecule has 2 aromatic carbocycles. The summed E-state index contributed by atoms with van der Waals surface area (Å²) in [5, 5.41) is 4.98. The quantitative estimate of drug-likeness (QED) is 0.661. The fourth-order valence-electron chi connectivity index (χ4n) is 2.14. The van der Waals surface area contributed by atoms with Crippen molar-refractivity contribution in [2.24, 2.45) is 5.14 Å². The number of carbonyl (C=O) groups excluding carboxylic acids is 1. The Morgan fingerprint density at radius 3 is 2.00 bits per heavy atom. The first kappa shape index (κ1) is 20.0. The molecule has 26 heavy (non-hydrogen) atoms. The molecular weight excluding hydrogens is 380 g/mol. The Morgan fingerprint density at radius 1 is 0.962 bits per heavy atom. The minimum atomic E-state index is -3.76. The number of ether oxygens (including phenoxy) is 1. The van der Waals surface area contributed by atoms with Gasteiger partial charge in [-0.25, -0.2) is 31.5 Å². The van der Waals surface area contributed by atoms with Crippen LogP contribution >= 0.6 is 0 Å². The summed E-state index contributed by atoms with van der Waals surface area (Å²) >= 11 is 0. The summed E-state index contributed by atoms with van der Waals surface area (Å²) in [6.45, 7) is 0.0245. The predicted octanol–water partition coefficient (Wildman–Crippen LogP) is 0.740. The maximum atomic E-state index is 12.3. The molecule has 2 aromatic rings. The van der Waals surface area contributed by atoms with E-state index in [-0.39, 0.29) is 22.8 Å². The third-order valence-corrected chi connectivity index (χ3v) is 5.60. The maximum absolute atomic E-state index is 12.3. The number of esters is 1. The van der Waals surface area contributed by atoms with Gasteiger partial charge < -0.3 is 4.74 Å². The van der Waals surface area contributed by atoms with Crippen LogP contribution in [0.1, 0.15) is 21.5 Å². The second-order valence-corrected chi connectivity index (χ2v) is 8.85. The second-order valence-electron chi connectivity index (χ2n) is 5.46. The van der Waals surface area contributed by atoms with Crippen molar-refractivity contribution < 1.29 is 26.4 Å². The maximum Gasteiger partial charge on any atom is 0.337 e. The van der Waals surface area contributed by atoms with Crippen molar-refractivity contribution in [1.29, 1.82) is 0 Å². The largest absolute Gasteiger partial charge is 0.465 e. The van der Waals surface area contributed by atoms with Gasteiger partial charge in [0.1, 0.15) is 0 Å². The molecule has 0 aliphatic rings. The SMILES string of the molecule is COC(=O)c1ccc(S(=O)(=O)NCc2ccc(CS(N)(=O)=O)cc2)cc1. The van der Waals surface area contributed by atoms with Crippen molar-refractivity contribution >= 4 is 26.0 Å². The van der Waals surface area contributed by atoms with Crippen LogP contribution in [0.15, 0.2) is 53.4 Å². The Hall–Kier alpha value is -2.27. The van der Waals surface area contributed by atoms with Crippen LogP contribution in [0, 0.1) is 0 Å². The molecule has 0 aliphatic carbocycles. The fourth-order valence-corrected chi connectivity index (χ4v) is 3.81. The molecule has 0 bridgehead atoms. The number of sulfonamides is 2. The normalized spacial score (nSPS) is 11.9. The molecule has 0 atom stereocenters. The van der Waals surface area contributed by atoms with E-state index in [2.05, 4.69) is 9.46 Å². The Morgan fingerprint density at radius 2 is 1.50 bits per heavy atom. The van der Waals surface area contributed by atoms with Gasteiger partial charge in [-0.3, -0.25) is 0 Å². The number of methoxy groups -OCH3 is 1. The lowest BCUT2D eigenvalue weighted by atomic mass is 10.1. The van der Waals surface area contributed by atoms with Crippen molar-refractivity contribution in [1.82, 2.24) is 4.72 Å². The highest BCUT2D eigenvalue weighted by atomic mass is 32.2. The van der Waals surface area contributed by atoms with Crippen molar-refractivity contribution in [2.75, 3.05) is 7.11 Å². The molecule has 0 fully saturated rings. The Balaban J connectivity index is 2.04. The molecule has 2 rings (SSSR count). The summed E-state index contributed by atoms with van der Waals surface area (Å²) in [7, 11) is -6.14. The number of hydrogen-bond donors (Lipinski definition) is 2. The van der Waals surface area contributed by atoms with Crippen LogP contribution in [0.5, 0.6) is 0 Å². The number of rotatable bonds is 7. The van der Waals surface area contributed by atoms with E-state index < -0.39 is 26.0 Å². The summed E-state index contributed by atoms with van der Waals surface area (Å²) in [5.41, 5.74) is 1.41. The smallest absolute Gasteiger partial charge is 0.337 e. The zero-order valence-electron chi connectivity index (χ0n) is 13.9. The van der Waals surface area contributed by atoms with Crippen LogP contribution < -0.4 is 9.86 Å². The monoisotopic (exact) mass is 398 g/mol. The number of nitrogens with one attached hydrogen (secondary N) is 1. The van der Waals surface area contributed by atoms with Crippen LogP contribution in [-0.2, 0) is 37.1 Å². The average Bonchev–Trinajstić information content (AvgIpc) is 2.59. The third kappa shape index (κ3) is 5.63. The Kier molecular flexibility index (Phi) is 6.13. The summed E-state index contributed by atoms with van der Waals surface area (Å²) in [6.07, 6.45) is 0. The van der Waals surface area contributed by atoms with Gasteiger partial charge >= 0.3 is 5.97 Å². The molecule has 3 N–H and O–H groups in total. The summed E-state index contributed by atoms with van der Waals surface area (Å²) in [5.74, 6) is -0.840. The number of nitrogens with two attached hydrogens (primary N) is 1. The summed E-state index contributed by atoms with van der Waals surface area (Å²) < 4.78 is 53.7. The van der Waals surface area contributed by atoms with E-state index in [1.165, 1.54) is 31.4 Å². The molecule has 140 valence electrons. The second kappa shape index (κ2) is 7.96. The lowest BCUT2D eigenvalue weighted by Crippen LogP contribution is -2.23. The average molecular weight is 398 g/mol. The molecule has 8 nitrogen and oxygen atoms in total. The van der Waals surface area contributed by atoms with Gasteiger partial charge in [0.2, 0.25) is 20.0 Å². The topological polar surface area (TPSA) is 133 Å². The molecule has 0 aliphatic heterocycles. The van der Waals surface area contributed by atoms with Crippen LogP contribution in [-0.4, -0.2) is 29.9 Å². The van der Waals surface area contributed by atoms with Gasteiger partial charge in [-0.15, -0.1) is 0 Å². The van der Waals surface area contributed by atoms with Crippen molar-refractivity contribution in [2.45, 2.75) is 17.2 Å². The van der Waals surface area contributed by atoms with E-state index >= 15 is 0 Å². The van der Waals surface area contributed by atoms with Gasteiger partial charge in [-0.05, 0) is 35.4 Å². The molecule has 0 radical (unpaired) electrons. The number of benzene rings is 2. The van der Waals surface area contributed by atoms with E-state index in [0.29, 0.717) is 11.1 Å². The Labute approximate surface area is 152 Å². The Bertz CT molecular complexity index is 982. The highest BCUT2D eigenvalue weighted by molar-refractivity contribution is 7.89. The van der Waals surface area contributed by atoms with E-state index in [4.69, 9.17) is 5.14 Å². The molecule has 0 saturated carbocycles. The zero-order valence-corrected chi connectivity index (χ0v) is 15.5. The molecule has 0 unspecified atom stereocenters. The van der Waals surface area contributed by atoms with Gasteiger partial charge in [0.05, 0.1) is 23.3 Å². The summed E-state index contributed by atoms with van der Waals surface area (Å²) in [4.78, 5) is 11.4. The number of primary sulfonamides is 1. The minimum Gasteiger partial charge on any atom is -0.465 e.